The van der Waals surface area contributed by atoms with Crippen LogP contribution in [0.2, 0.25) is 0 Å². The number of nitro benzene ring substituents is 1. The maximum absolute atomic E-state index is 12.8. The summed E-state index contributed by atoms with van der Waals surface area (Å²) in [5.74, 6) is -1.11. The van der Waals surface area contributed by atoms with Gasteiger partial charge in [-0.1, -0.05) is 30.3 Å². The Kier molecular flexibility index (Phi) is 5.26. The Balaban J connectivity index is 1.72. The number of thioether (sulfide) groups is 1. The van der Waals surface area contributed by atoms with Gasteiger partial charge < -0.3 is 0 Å². The number of hydrogen-bond donors (Lipinski definition) is 0. The molecule has 4 rings (SSSR count). The molecule has 3 aromatic rings. The number of imide groups is 1. The van der Waals surface area contributed by atoms with Gasteiger partial charge in [-0.2, -0.15) is 0 Å². The van der Waals surface area contributed by atoms with Crippen LogP contribution in [0, 0.1) is 10.1 Å². The normalized spacial score (nSPS) is 15.2. The zero-order valence-electron chi connectivity index (χ0n) is 17.0. The smallest absolute Gasteiger partial charge is 0.295 e. The van der Waals surface area contributed by atoms with Crippen molar-refractivity contribution in [3.05, 3.63) is 79.1 Å². The molecule has 162 valence electrons. The van der Waals surface area contributed by atoms with Gasteiger partial charge in [0, 0.05) is 25.7 Å². The number of amides is 2. The molecule has 0 N–H and O–H groups in total. The van der Waals surface area contributed by atoms with E-state index in [9.17, 15) is 29.3 Å². The molecule has 0 aliphatic carbocycles. The molecule has 0 unspecified atom stereocenters. The second kappa shape index (κ2) is 7.93. The van der Waals surface area contributed by atoms with E-state index in [0.717, 1.165) is 4.90 Å². The molecule has 32 heavy (non-hydrogen) atoms. The highest BCUT2D eigenvalue weighted by Crippen LogP contribution is 2.35. The molecular weight excluding hydrogens is 436 g/mol. The predicted octanol–water partition coefficient (Wildman–Crippen LogP) is 2.70. The first-order chi connectivity index (χ1) is 15.2. The van der Waals surface area contributed by atoms with E-state index in [1.807, 2.05) is 0 Å². The van der Waals surface area contributed by atoms with Crippen LogP contribution in [0.1, 0.15) is 15.9 Å². The third-order valence-electron chi connectivity index (χ3n) is 5.17. The van der Waals surface area contributed by atoms with Crippen molar-refractivity contribution >= 4 is 51.5 Å². The third kappa shape index (κ3) is 3.52. The van der Waals surface area contributed by atoms with Crippen molar-refractivity contribution in [3.8, 4) is 0 Å². The zero-order chi connectivity index (χ0) is 23.2. The summed E-state index contributed by atoms with van der Waals surface area (Å²) in [6.45, 7) is -0.430. The van der Waals surface area contributed by atoms with Gasteiger partial charge in [-0.25, -0.2) is 4.79 Å². The van der Waals surface area contributed by atoms with Crippen LogP contribution in [0.5, 0.6) is 0 Å². The first-order valence-corrected chi connectivity index (χ1v) is 10.2. The number of Topliss-reactive ketones (excluding diaryl/α,β-unsaturated/α-hetero) is 1. The number of carbonyl (C=O) groups excluding carboxylic acids is 3. The summed E-state index contributed by atoms with van der Waals surface area (Å²) < 4.78 is 2.62. The molecule has 10 nitrogen and oxygen atoms in total. The summed E-state index contributed by atoms with van der Waals surface area (Å²) in [5.41, 5.74) is 0.568. The Labute approximate surface area is 184 Å². The molecule has 0 saturated carbocycles. The van der Waals surface area contributed by atoms with Crippen LogP contribution in [0.15, 0.2) is 52.2 Å². The van der Waals surface area contributed by atoms with Crippen molar-refractivity contribution in [2.45, 2.75) is 0 Å². The van der Waals surface area contributed by atoms with E-state index in [4.69, 9.17) is 0 Å². The van der Waals surface area contributed by atoms with E-state index in [-0.39, 0.29) is 21.8 Å². The van der Waals surface area contributed by atoms with Gasteiger partial charge in [0.2, 0.25) is 0 Å². The molecular formula is C21H16N4O6S. The average Bonchev–Trinajstić information content (AvgIpc) is 3.15. The highest BCUT2D eigenvalue weighted by molar-refractivity contribution is 8.18. The topological polar surface area (TPSA) is 125 Å². The summed E-state index contributed by atoms with van der Waals surface area (Å²) in [4.78, 5) is 61.5. The van der Waals surface area contributed by atoms with Crippen LogP contribution in [0.4, 0.5) is 10.5 Å². The molecule has 2 amide bonds. The maximum Gasteiger partial charge on any atom is 0.328 e. The Hall–Kier alpha value is -3.99. The molecule has 2 aromatic carbocycles. The second-order valence-electron chi connectivity index (χ2n) is 7.11. The van der Waals surface area contributed by atoms with Crippen molar-refractivity contribution in [2.75, 3.05) is 6.54 Å². The predicted molar refractivity (Wildman–Crippen MR) is 118 cm³/mol. The lowest BCUT2D eigenvalue weighted by molar-refractivity contribution is -0.385. The first-order valence-electron chi connectivity index (χ1n) is 9.36. The fraction of sp³-hybridized carbons (Fsp3) is 0.143. The number of aromatic nitrogens is 2. The standard InChI is InChI=1S/C21H16N4O6S/c1-22-15-8-13(14(25(30)31)10-16(15)23(2)20(22)28)9-18-19(27)24(21(29)32-18)11-17(26)12-6-4-3-5-7-12/h3-10H,11H2,1-2H3/b18-9-. The lowest BCUT2D eigenvalue weighted by Crippen LogP contribution is -2.33. The quantitative estimate of drug-likeness (QED) is 0.252. The summed E-state index contributed by atoms with van der Waals surface area (Å²) in [7, 11) is 3.03. The van der Waals surface area contributed by atoms with Gasteiger partial charge in [-0.3, -0.25) is 38.5 Å². The van der Waals surface area contributed by atoms with E-state index in [1.54, 1.807) is 30.3 Å². The van der Waals surface area contributed by atoms with E-state index in [1.165, 1.54) is 41.4 Å². The Morgan fingerprint density at radius 3 is 2.31 bits per heavy atom. The SMILES string of the molecule is Cn1c(=O)n(C)c2cc([N+](=O)[O-])c(/C=C3\SC(=O)N(CC(=O)c4ccccc4)C3=O)cc21. The minimum atomic E-state index is -0.708. The minimum Gasteiger partial charge on any atom is -0.295 e. The van der Waals surface area contributed by atoms with Crippen LogP contribution >= 0.6 is 11.8 Å². The van der Waals surface area contributed by atoms with Gasteiger partial charge in [0.05, 0.1) is 33.0 Å². The highest BCUT2D eigenvalue weighted by Gasteiger charge is 2.37. The lowest BCUT2D eigenvalue weighted by Gasteiger charge is -2.11. The van der Waals surface area contributed by atoms with Crippen LogP contribution in [0.25, 0.3) is 17.1 Å². The average molecular weight is 452 g/mol. The molecule has 11 heteroatoms. The third-order valence-corrected chi connectivity index (χ3v) is 6.08. The fourth-order valence-electron chi connectivity index (χ4n) is 3.46. The summed E-state index contributed by atoms with van der Waals surface area (Å²) in [6, 6.07) is 10.9. The largest absolute Gasteiger partial charge is 0.328 e. The molecule has 0 radical (unpaired) electrons. The number of hydrogen-bond acceptors (Lipinski definition) is 7. The number of rotatable bonds is 5. The van der Waals surface area contributed by atoms with E-state index in [2.05, 4.69) is 0 Å². The molecule has 1 fully saturated rings. The Morgan fingerprint density at radius 1 is 1.06 bits per heavy atom. The van der Waals surface area contributed by atoms with Crippen LogP contribution < -0.4 is 5.69 Å². The summed E-state index contributed by atoms with van der Waals surface area (Å²) >= 11 is 0.602. The number of carbonyl (C=O) groups is 3. The number of ketones is 1. The van der Waals surface area contributed by atoms with E-state index in [0.29, 0.717) is 28.4 Å². The van der Waals surface area contributed by atoms with E-state index >= 15 is 0 Å². The van der Waals surface area contributed by atoms with Gasteiger partial charge in [-0.05, 0) is 23.9 Å². The number of fused-ring (bicyclic) bond motifs is 1. The van der Waals surface area contributed by atoms with Gasteiger partial charge in [0.15, 0.2) is 5.78 Å². The number of nitro groups is 1. The van der Waals surface area contributed by atoms with Crippen LogP contribution in [0.3, 0.4) is 0 Å². The van der Waals surface area contributed by atoms with Crippen molar-refractivity contribution in [1.82, 2.24) is 14.0 Å². The van der Waals surface area contributed by atoms with Crippen molar-refractivity contribution in [1.29, 1.82) is 0 Å². The van der Waals surface area contributed by atoms with Gasteiger partial charge in [-0.15, -0.1) is 0 Å². The molecule has 1 saturated heterocycles. The molecule has 0 spiro atoms. The van der Waals surface area contributed by atoms with Gasteiger partial charge >= 0.3 is 5.69 Å². The van der Waals surface area contributed by atoms with Gasteiger partial charge in [0.1, 0.15) is 0 Å². The fourth-order valence-corrected chi connectivity index (χ4v) is 4.29. The molecule has 0 atom stereocenters. The summed E-state index contributed by atoms with van der Waals surface area (Å²) in [6.07, 6.45) is 1.24. The number of aryl methyl sites for hydroxylation is 2. The molecule has 1 aliphatic heterocycles. The molecule has 1 aliphatic rings. The van der Waals surface area contributed by atoms with Gasteiger partial charge in [0.25, 0.3) is 16.8 Å². The Morgan fingerprint density at radius 2 is 1.69 bits per heavy atom. The lowest BCUT2D eigenvalue weighted by atomic mass is 10.1. The molecule has 2 heterocycles. The number of imidazole rings is 1. The highest BCUT2D eigenvalue weighted by atomic mass is 32.2. The maximum atomic E-state index is 12.8. The number of benzene rings is 2. The zero-order valence-corrected chi connectivity index (χ0v) is 17.8. The van der Waals surface area contributed by atoms with E-state index < -0.39 is 28.4 Å². The first kappa shape index (κ1) is 21.2. The van der Waals surface area contributed by atoms with Crippen molar-refractivity contribution < 1.29 is 19.3 Å². The second-order valence-corrected chi connectivity index (χ2v) is 8.11. The minimum absolute atomic E-state index is 0.0424. The molecule has 0 bridgehead atoms. The van der Waals surface area contributed by atoms with Crippen molar-refractivity contribution in [2.24, 2.45) is 14.1 Å². The van der Waals surface area contributed by atoms with Crippen LogP contribution in [-0.2, 0) is 18.9 Å². The van der Waals surface area contributed by atoms with Crippen LogP contribution in [-0.4, -0.2) is 42.4 Å². The molecule has 1 aromatic heterocycles. The Bertz CT molecular complexity index is 1400. The number of nitrogens with zero attached hydrogens (tertiary/aromatic N) is 4. The van der Waals surface area contributed by atoms with Crippen molar-refractivity contribution in [3.63, 3.8) is 0 Å². The summed E-state index contributed by atoms with van der Waals surface area (Å²) in [5, 5.41) is 11.0. The monoisotopic (exact) mass is 452 g/mol.